The first kappa shape index (κ1) is 28.9. The number of nitro benzene ring substituents is 2. The molecule has 1 aliphatic heterocycles. The number of thiocarbonyl (C=S) groups is 1. The Balaban J connectivity index is 1.73. The van der Waals surface area contributed by atoms with E-state index in [9.17, 15) is 29.8 Å². The van der Waals surface area contributed by atoms with Gasteiger partial charge in [0.05, 0.1) is 38.2 Å². The zero-order chi connectivity index (χ0) is 29.3. The van der Waals surface area contributed by atoms with Gasteiger partial charge in [0, 0.05) is 11.1 Å². The normalized spacial score (nSPS) is 14.2. The zero-order valence-electron chi connectivity index (χ0n) is 19.8. The summed E-state index contributed by atoms with van der Waals surface area (Å²) in [4.78, 5) is 48.1. The summed E-state index contributed by atoms with van der Waals surface area (Å²) < 4.78 is 11.3. The molecule has 0 bridgehead atoms. The third kappa shape index (κ3) is 5.74. The molecule has 16 heteroatoms. The first-order valence-electron chi connectivity index (χ1n) is 10.8. The molecular formula is C24H13BrCl2N4O8S. The average molecular weight is 668 g/mol. The molecule has 1 aliphatic rings. The molecule has 0 saturated carbocycles. The average Bonchev–Trinajstić information content (AvgIpc) is 2.88. The molecule has 0 unspecified atom stereocenters. The molecule has 0 aliphatic carbocycles. The zero-order valence-corrected chi connectivity index (χ0v) is 23.8. The van der Waals surface area contributed by atoms with Gasteiger partial charge in [-0.1, -0.05) is 23.2 Å². The quantitative estimate of drug-likeness (QED) is 0.102. The van der Waals surface area contributed by atoms with Crippen LogP contribution in [0.3, 0.4) is 0 Å². The van der Waals surface area contributed by atoms with Crippen LogP contribution in [0, 0.1) is 20.2 Å². The number of amides is 2. The molecule has 40 heavy (non-hydrogen) atoms. The van der Waals surface area contributed by atoms with E-state index in [0.29, 0.717) is 10.6 Å². The number of benzene rings is 3. The van der Waals surface area contributed by atoms with E-state index in [1.807, 2.05) is 0 Å². The van der Waals surface area contributed by atoms with Crippen molar-refractivity contribution in [3.05, 3.63) is 94.4 Å². The lowest BCUT2D eigenvalue weighted by atomic mass is 10.1. The number of carbonyl (C=O) groups excluding carboxylic acids is 2. The number of non-ortho nitro benzene ring substituents is 1. The summed E-state index contributed by atoms with van der Waals surface area (Å²) in [6, 6.07) is 10.2. The fourth-order valence-electron chi connectivity index (χ4n) is 3.59. The summed E-state index contributed by atoms with van der Waals surface area (Å²) in [5, 5.41) is 25.3. The topological polar surface area (TPSA) is 154 Å². The number of carbonyl (C=O) groups is 2. The van der Waals surface area contributed by atoms with Crippen LogP contribution in [0.1, 0.15) is 5.56 Å². The predicted molar refractivity (Wildman–Crippen MR) is 153 cm³/mol. The van der Waals surface area contributed by atoms with Crippen LogP contribution in [0.25, 0.3) is 6.08 Å². The molecule has 4 rings (SSSR count). The lowest BCUT2D eigenvalue weighted by Crippen LogP contribution is -2.54. The van der Waals surface area contributed by atoms with Crippen molar-refractivity contribution in [2.75, 3.05) is 12.0 Å². The third-order valence-electron chi connectivity index (χ3n) is 5.38. The van der Waals surface area contributed by atoms with Crippen molar-refractivity contribution in [3.63, 3.8) is 0 Å². The van der Waals surface area contributed by atoms with E-state index in [2.05, 4.69) is 21.2 Å². The maximum atomic E-state index is 13.4. The number of rotatable bonds is 7. The Hall–Kier alpha value is -4.11. The lowest BCUT2D eigenvalue weighted by molar-refractivity contribution is -0.394. The Bertz CT molecular complexity index is 1670. The highest BCUT2D eigenvalue weighted by Gasteiger charge is 2.35. The van der Waals surface area contributed by atoms with Crippen molar-refractivity contribution in [2.24, 2.45) is 0 Å². The Morgan fingerprint density at radius 3 is 2.38 bits per heavy atom. The van der Waals surface area contributed by atoms with Gasteiger partial charge in [-0.3, -0.25) is 40.0 Å². The first-order chi connectivity index (χ1) is 18.9. The summed E-state index contributed by atoms with van der Waals surface area (Å²) in [6.45, 7) is 0. The molecule has 3 aromatic carbocycles. The smallest absolute Gasteiger partial charge is 0.318 e. The van der Waals surface area contributed by atoms with Crippen molar-refractivity contribution in [1.29, 1.82) is 0 Å². The molecule has 1 N–H and O–H groups in total. The fourth-order valence-corrected chi connectivity index (χ4v) is 4.89. The number of nitro groups is 2. The molecule has 0 spiro atoms. The predicted octanol–water partition coefficient (Wildman–Crippen LogP) is 6.20. The first-order valence-corrected chi connectivity index (χ1v) is 12.7. The van der Waals surface area contributed by atoms with E-state index < -0.39 is 33.0 Å². The van der Waals surface area contributed by atoms with E-state index >= 15 is 0 Å². The maximum Gasteiger partial charge on any atom is 0.318 e. The minimum absolute atomic E-state index is 0.00299. The number of hydrogen-bond donors (Lipinski definition) is 1. The van der Waals surface area contributed by atoms with Crippen LogP contribution in [0.5, 0.6) is 17.2 Å². The number of nitrogens with zero attached hydrogens (tertiary/aromatic N) is 3. The minimum Gasteiger partial charge on any atom is -0.493 e. The third-order valence-corrected chi connectivity index (χ3v) is 6.79. The van der Waals surface area contributed by atoms with E-state index in [1.165, 1.54) is 43.5 Å². The van der Waals surface area contributed by atoms with E-state index in [1.54, 1.807) is 0 Å². The number of halogens is 3. The summed E-state index contributed by atoms with van der Waals surface area (Å²) in [7, 11) is 1.30. The Kier molecular flexibility index (Phi) is 8.34. The highest BCUT2D eigenvalue weighted by atomic mass is 79.9. The minimum atomic E-state index is -0.821. The molecule has 1 saturated heterocycles. The van der Waals surface area contributed by atoms with E-state index in [4.69, 9.17) is 44.9 Å². The highest BCUT2D eigenvalue weighted by molar-refractivity contribution is 9.10. The number of hydrogen-bond acceptors (Lipinski definition) is 9. The number of anilines is 1. The number of nitrogens with one attached hydrogen (secondary N) is 1. The van der Waals surface area contributed by atoms with Crippen LogP contribution in [0.15, 0.2) is 58.6 Å². The van der Waals surface area contributed by atoms with Gasteiger partial charge >= 0.3 is 5.69 Å². The fraction of sp³-hybridized carbons (Fsp3) is 0.0417. The molecule has 2 amide bonds. The van der Waals surface area contributed by atoms with Crippen molar-refractivity contribution in [1.82, 2.24) is 5.32 Å². The van der Waals surface area contributed by atoms with Gasteiger partial charge in [-0.2, -0.15) is 0 Å². The van der Waals surface area contributed by atoms with Gasteiger partial charge in [0.2, 0.25) is 5.75 Å². The van der Waals surface area contributed by atoms with Gasteiger partial charge in [0.1, 0.15) is 5.57 Å². The number of methoxy groups -OCH3 is 1. The van der Waals surface area contributed by atoms with Gasteiger partial charge in [-0.25, -0.2) is 0 Å². The molecule has 0 aromatic heterocycles. The Morgan fingerprint density at radius 2 is 1.75 bits per heavy atom. The van der Waals surface area contributed by atoms with Gasteiger partial charge in [0.25, 0.3) is 17.5 Å². The largest absolute Gasteiger partial charge is 0.493 e. The second kappa shape index (κ2) is 11.6. The molecule has 1 fully saturated rings. The maximum absolute atomic E-state index is 13.4. The van der Waals surface area contributed by atoms with Crippen LogP contribution in [-0.4, -0.2) is 33.9 Å². The Morgan fingerprint density at radius 1 is 1.02 bits per heavy atom. The van der Waals surface area contributed by atoms with Crippen molar-refractivity contribution in [2.45, 2.75) is 0 Å². The molecule has 0 radical (unpaired) electrons. The standard InChI is InChI=1S/C24H13BrCl2N4O8S/c1-38-20-8-11(7-15(25)21(20)39-19-5-3-13(30(34)35)10-18(19)31(36)37)6-14-22(32)28-24(40)29(23(14)33)17-4-2-12(26)9-16(17)27/h2-10H,1H3,(H,28,32,40)/b14-6+. The van der Waals surface area contributed by atoms with Crippen LogP contribution in [0.4, 0.5) is 17.1 Å². The summed E-state index contributed by atoms with van der Waals surface area (Å²) in [5.74, 6) is -1.74. The molecular weight excluding hydrogens is 655 g/mol. The lowest BCUT2D eigenvalue weighted by Gasteiger charge is -2.29. The van der Waals surface area contributed by atoms with Crippen LogP contribution in [-0.2, 0) is 9.59 Å². The van der Waals surface area contributed by atoms with Crippen LogP contribution >= 0.6 is 51.3 Å². The second-order valence-corrected chi connectivity index (χ2v) is 9.94. The van der Waals surface area contributed by atoms with Crippen LogP contribution < -0.4 is 19.7 Å². The van der Waals surface area contributed by atoms with Gasteiger partial charge in [0.15, 0.2) is 16.6 Å². The van der Waals surface area contributed by atoms with Crippen molar-refractivity contribution < 1.29 is 28.9 Å². The van der Waals surface area contributed by atoms with Gasteiger partial charge < -0.3 is 9.47 Å². The highest BCUT2D eigenvalue weighted by Crippen LogP contribution is 2.43. The Labute approximate surface area is 248 Å². The van der Waals surface area contributed by atoms with Crippen molar-refractivity contribution >= 4 is 91.4 Å². The second-order valence-electron chi connectivity index (χ2n) is 7.86. The molecule has 204 valence electrons. The SMILES string of the molecule is COc1cc(/C=C2\C(=O)NC(=S)N(c3ccc(Cl)cc3Cl)C2=O)cc(Br)c1Oc1ccc([N+](=O)[O-])cc1[N+](=O)[O-]. The van der Waals surface area contributed by atoms with Gasteiger partial charge in [-0.05, 0) is 76.2 Å². The van der Waals surface area contributed by atoms with Gasteiger partial charge in [-0.15, -0.1) is 0 Å². The van der Waals surface area contributed by atoms with E-state index in [-0.39, 0.29) is 43.1 Å². The van der Waals surface area contributed by atoms with Crippen molar-refractivity contribution in [3.8, 4) is 17.2 Å². The monoisotopic (exact) mass is 666 g/mol. The van der Waals surface area contributed by atoms with E-state index in [0.717, 1.165) is 23.1 Å². The molecule has 12 nitrogen and oxygen atoms in total. The molecule has 0 atom stereocenters. The number of ether oxygens (including phenoxy) is 2. The molecule has 3 aromatic rings. The summed E-state index contributed by atoms with van der Waals surface area (Å²) in [6.07, 6.45) is 1.28. The summed E-state index contributed by atoms with van der Waals surface area (Å²) in [5.41, 5.74) is -0.901. The summed E-state index contributed by atoms with van der Waals surface area (Å²) >= 11 is 20.7. The molecule has 1 heterocycles. The van der Waals surface area contributed by atoms with Crippen LogP contribution in [0.2, 0.25) is 10.0 Å².